The van der Waals surface area contributed by atoms with Gasteiger partial charge in [0.25, 0.3) is 0 Å². The molecule has 0 radical (unpaired) electrons. The molecule has 0 aromatic carbocycles. The monoisotopic (exact) mass is 167 g/mol. The van der Waals surface area contributed by atoms with Crippen molar-refractivity contribution in [2.75, 3.05) is 7.05 Å². The van der Waals surface area contributed by atoms with Crippen LogP contribution < -0.4 is 0 Å². The summed E-state index contributed by atoms with van der Waals surface area (Å²) in [5.74, 6) is 0.970. The Bertz CT molecular complexity index is 168. The van der Waals surface area contributed by atoms with Crippen LogP contribution in [0.1, 0.15) is 40.0 Å². The SMILES string of the molecule is CN1C2CC1CC(C(C)(C)C)C2. The van der Waals surface area contributed by atoms with Gasteiger partial charge in [-0.05, 0) is 37.6 Å². The zero-order valence-corrected chi connectivity index (χ0v) is 8.80. The van der Waals surface area contributed by atoms with E-state index in [1.807, 2.05) is 0 Å². The van der Waals surface area contributed by atoms with Gasteiger partial charge in [0.05, 0.1) is 0 Å². The minimum atomic E-state index is 0.540. The molecule has 0 amide bonds. The van der Waals surface area contributed by atoms with Gasteiger partial charge in [-0.3, -0.25) is 0 Å². The van der Waals surface area contributed by atoms with Gasteiger partial charge in [-0.25, -0.2) is 0 Å². The summed E-state index contributed by atoms with van der Waals surface area (Å²) in [4.78, 5) is 2.57. The molecule has 1 saturated carbocycles. The van der Waals surface area contributed by atoms with Gasteiger partial charge >= 0.3 is 0 Å². The summed E-state index contributed by atoms with van der Waals surface area (Å²) in [6, 6.07) is 1.85. The zero-order chi connectivity index (χ0) is 8.93. The maximum Gasteiger partial charge on any atom is 0.0113 e. The topological polar surface area (TPSA) is 3.24 Å². The average Bonchev–Trinajstić information content (AvgIpc) is 2.02. The molecule has 1 heteroatoms. The molecule has 2 saturated heterocycles. The Morgan fingerprint density at radius 2 is 1.50 bits per heavy atom. The Morgan fingerprint density at radius 3 is 1.83 bits per heavy atom. The van der Waals surface area contributed by atoms with Crippen LogP contribution in [0.3, 0.4) is 0 Å². The fourth-order valence-corrected chi connectivity index (χ4v) is 2.79. The Kier molecular flexibility index (Phi) is 1.76. The third kappa shape index (κ3) is 1.19. The summed E-state index contributed by atoms with van der Waals surface area (Å²) in [5, 5.41) is 0. The molecule has 3 rings (SSSR count). The molecule has 70 valence electrons. The molecule has 1 aliphatic carbocycles. The minimum absolute atomic E-state index is 0.540. The number of hydrogen-bond acceptors (Lipinski definition) is 1. The van der Waals surface area contributed by atoms with Crippen LogP contribution in [-0.2, 0) is 0 Å². The Morgan fingerprint density at radius 1 is 1.00 bits per heavy atom. The molecular weight excluding hydrogens is 146 g/mol. The van der Waals surface area contributed by atoms with E-state index >= 15 is 0 Å². The summed E-state index contributed by atoms with van der Waals surface area (Å²) in [7, 11) is 2.29. The highest BCUT2D eigenvalue weighted by Gasteiger charge is 2.45. The van der Waals surface area contributed by atoms with E-state index in [1.165, 1.54) is 19.3 Å². The number of fused-ring (bicyclic) bond motifs is 2. The molecule has 2 atom stereocenters. The molecule has 3 fully saturated rings. The van der Waals surface area contributed by atoms with E-state index in [4.69, 9.17) is 0 Å². The molecule has 0 spiro atoms. The number of rotatable bonds is 0. The van der Waals surface area contributed by atoms with Gasteiger partial charge in [-0.15, -0.1) is 0 Å². The van der Waals surface area contributed by atoms with Gasteiger partial charge in [0.1, 0.15) is 0 Å². The average molecular weight is 167 g/mol. The first-order chi connectivity index (χ1) is 5.48. The van der Waals surface area contributed by atoms with E-state index in [-0.39, 0.29) is 0 Å². The van der Waals surface area contributed by atoms with Crippen LogP contribution in [-0.4, -0.2) is 24.0 Å². The summed E-state index contributed by atoms with van der Waals surface area (Å²) < 4.78 is 0. The highest BCUT2D eigenvalue weighted by atomic mass is 15.2. The number of hydrogen-bond donors (Lipinski definition) is 0. The lowest BCUT2D eigenvalue weighted by Crippen LogP contribution is -2.60. The lowest BCUT2D eigenvalue weighted by Gasteiger charge is -2.56. The third-order valence-corrected chi connectivity index (χ3v) is 4.03. The van der Waals surface area contributed by atoms with Crippen LogP contribution >= 0.6 is 0 Å². The van der Waals surface area contributed by atoms with Crippen molar-refractivity contribution >= 4 is 0 Å². The molecule has 2 aliphatic heterocycles. The van der Waals surface area contributed by atoms with E-state index < -0.39 is 0 Å². The fraction of sp³-hybridized carbons (Fsp3) is 1.00. The first kappa shape index (κ1) is 8.55. The summed E-state index contributed by atoms with van der Waals surface area (Å²) in [6.07, 6.45) is 4.36. The predicted octanol–water partition coefficient (Wildman–Crippen LogP) is 2.52. The summed E-state index contributed by atoms with van der Waals surface area (Å²) in [6.45, 7) is 7.17. The molecule has 0 aromatic rings. The predicted molar refractivity (Wildman–Crippen MR) is 52.1 cm³/mol. The van der Waals surface area contributed by atoms with Crippen molar-refractivity contribution in [2.45, 2.75) is 52.1 Å². The normalized spacial score (nSPS) is 42.5. The van der Waals surface area contributed by atoms with Crippen LogP contribution in [0.5, 0.6) is 0 Å². The maximum absolute atomic E-state index is 2.57. The Balaban J connectivity index is 1.99. The smallest absolute Gasteiger partial charge is 0.0113 e. The van der Waals surface area contributed by atoms with Crippen LogP contribution in [0.25, 0.3) is 0 Å². The van der Waals surface area contributed by atoms with Crippen LogP contribution in [0.15, 0.2) is 0 Å². The van der Waals surface area contributed by atoms with Gasteiger partial charge in [0.2, 0.25) is 0 Å². The van der Waals surface area contributed by atoms with Crippen LogP contribution in [0, 0.1) is 11.3 Å². The van der Waals surface area contributed by atoms with Gasteiger partial charge < -0.3 is 4.90 Å². The van der Waals surface area contributed by atoms with Crippen molar-refractivity contribution in [3.8, 4) is 0 Å². The van der Waals surface area contributed by atoms with E-state index in [0.29, 0.717) is 5.41 Å². The summed E-state index contributed by atoms with van der Waals surface area (Å²) in [5.41, 5.74) is 0.540. The Hall–Kier alpha value is -0.0400. The van der Waals surface area contributed by atoms with E-state index in [9.17, 15) is 0 Å². The molecule has 12 heavy (non-hydrogen) atoms. The molecule has 0 N–H and O–H groups in total. The van der Waals surface area contributed by atoms with Crippen molar-refractivity contribution in [1.82, 2.24) is 4.90 Å². The quantitative estimate of drug-likeness (QED) is 0.536. The molecule has 3 aliphatic rings. The van der Waals surface area contributed by atoms with Crippen molar-refractivity contribution < 1.29 is 0 Å². The number of piperidine rings is 1. The third-order valence-electron chi connectivity index (χ3n) is 4.03. The first-order valence-corrected chi connectivity index (χ1v) is 5.20. The first-order valence-electron chi connectivity index (χ1n) is 5.20. The van der Waals surface area contributed by atoms with E-state index in [2.05, 4.69) is 32.7 Å². The van der Waals surface area contributed by atoms with Gasteiger partial charge in [-0.2, -0.15) is 0 Å². The highest BCUT2D eigenvalue weighted by Crippen LogP contribution is 2.46. The fourth-order valence-electron chi connectivity index (χ4n) is 2.79. The largest absolute Gasteiger partial charge is 0.300 e. The second-order valence-electron chi connectivity index (χ2n) is 5.74. The van der Waals surface area contributed by atoms with Crippen LogP contribution in [0.2, 0.25) is 0 Å². The minimum Gasteiger partial charge on any atom is -0.300 e. The Labute approximate surface area is 76.1 Å². The van der Waals surface area contributed by atoms with Crippen molar-refractivity contribution in [3.05, 3.63) is 0 Å². The standard InChI is InChI=1S/C11H21N/c1-11(2,3)8-5-9-7-10(6-8)12(9)4/h8-10H,5-7H2,1-4H3. The molecule has 1 nitrogen and oxygen atoms in total. The van der Waals surface area contributed by atoms with Gasteiger partial charge in [0.15, 0.2) is 0 Å². The van der Waals surface area contributed by atoms with Crippen molar-refractivity contribution in [2.24, 2.45) is 11.3 Å². The van der Waals surface area contributed by atoms with Crippen molar-refractivity contribution in [1.29, 1.82) is 0 Å². The molecule has 0 aromatic heterocycles. The lowest BCUT2D eigenvalue weighted by atomic mass is 9.65. The molecule has 2 unspecified atom stereocenters. The highest BCUT2D eigenvalue weighted by molar-refractivity contribution is 5.00. The number of nitrogens with zero attached hydrogens (tertiary/aromatic N) is 1. The lowest BCUT2D eigenvalue weighted by molar-refractivity contribution is -0.0566. The molecular formula is C11H21N. The molecule has 2 heterocycles. The zero-order valence-electron chi connectivity index (χ0n) is 8.80. The maximum atomic E-state index is 2.57. The van der Waals surface area contributed by atoms with Crippen LogP contribution in [0.4, 0.5) is 0 Å². The van der Waals surface area contributed by atoms with Gasteiger partial charge in [-0.1, -0.05) is 20.8 Å². The second-order valence-corrected chi connectivity index (χ2v) is 5.74. The second kappa shape index (κ2) is 2.47. The summed E-state index contributed by atoms with van der Waals surface area (Å²) >= 11 is 0. The van der Waals surface area contributed by atoms with Gasteiger partial charge in [0, 0.05) is 12.1 Å². The van der Waals surface area contributed by atoms with Crippen molar-refractivity contribution in [3.63, 3.8) is 0 Å². The van der Waals surface area contributed by atoms with E-state index in [1.54, 1.807) is 0 Å². The van der Waals surface area contributed by atoms with E-state index in [0.717, 1.165) is 18.0 Å². The molecule has 2 bridgehead atoms.